The van der Waals surface area contributed by atoms with Crippen LogP contribution in [0.25, 0.3) is 10.9 Å². The van der Waals surface area contributed by atoms with Crippen molar-refractivity contribution in [1.82, 2.24) is 10.2 Å². The van der Waals surface area contributed by atoms with Crippen molar-refractivity contribution in [3.05, 3.63) is 18.3 Å². The quantitative estimate of drug-likeness (QED) is 0.831. The van der Waals surface area contributed by atoms with Crippen molar-refractivity contribution in [1.29, 1.82) is 0 Å². The highest BCUT2D eigenvalue weighted by Gasteiger charge is 2.20. The number of aromatic amines is 1. The topological polar surface area (TPSA) is 57.9 Å². The molecule has 4 nitrogen and oxygen atoms in total. The lowest BCUT2D eigenvalue weighted by atomic mass is 9.92. The van der Waals surface area contributed by atoms with Crippen LogP contribution in [0.5, 0.6) is 0 Å². The highest BCUT2D eigenvalue weighted by atomic mass is 15.1. The van der Waals surface area contributed by atoms with E-state index in [9.17, 15) is 0 Å². The van der Waals surface area contributed by atoms with E-state index in [4.69, 9.17) is 5.73 Å². The van der Waals surface area contributed by atoms with Gasteiger partial charge in [0.15, 0.2) is 0 Å². The maximum Gasteiger partial charge on any atom is 0.0672 e. The summed E-state index contributed by atoms with van der Waals surface area (Å²) in [6.07, 6.45) is 7.06. The number of nitrogens with two attached hydrogens (primary N) is 1. The van der Waals surface area contributed by atoms with E-state index in [1.165, 1.54) is 25.7 Å². The molecule has 1 aliphatic rings. The number of aromatic nitrogens is 2. The molecule has 19 heavy (non-hydrogen) atoms. The number of benzene rings is 1. The van der Waals surface area contributed by atoms with Gasteiger partial charge in [-0.25, -0.2) is 0 Å². The Hall–Kier alpha value is -1.71. The average molecular weight is 258 g/mol. The van der Waals surface area contributed by atoms with Crippen molar-refractivity contribution in [3.8, 4) is 0 Å². The normalized spacial score (nSPS) is 17.2. The summed E-state index contributed by atoms with van der Waals surface area (Å²) in [7, 11) is 0. The van der Waals surface area contributed by atoms with E-state index in [0.29, 0.717) is 0 Å². The largest absolute Gasteiger partial charge is 0.397 e. The van der Waals surface area contributed by atoms with Gasteiger partial charge >= 0.3 is 0 Å². The Bertz CT molecular complexity index is 552. The fourth-order valence-corrected chi connectivity index (χ4v) is 3.14. The Labute approximate surface area is 114 Å². The number of nitrogens with one attached hydrogen (secondary N) is 1. The Morgan fingerprint density at radius 3 is 2.89 bits per heavy atom. The predicted molar refractivity (Wildman–Crippen MR) is 80.4 cm³/mol. The first-order chi connectivity index (χ1) is 9.28. The molecular weight excluding hydrogens is 236 g/mol. The fourth-order valence-electron chi connectivity index (χ4n) is 3.14. The first-order valence-corrected chi connectivity index (χ1v) is 7.25. The van der Waals surface area contributed by atoms with Gasteiger partial charge in [0.2, 0.25) is 0 Å². The van der Waals surface area contributed by atoms with Gasteiger partial charge in [0.25, 0.3) is 0 Å². The van der Waals surface area contributed by atoms with Crippen molar-refractivity contribution >= 4 is 22.3 Å². The van der Waals surface area contributed by atoms with Gasteiger partial charge in [-0.05, 0) is 30.9 Å². The van der Waals surface area contributed by atoms with Gasteiger partial charge in [0.1, 0.15) is 0 Å². The molecule has 0 spiro atoms. The van der Waals surface area contributed by atoms with Gasteiger partial charge in [-0.2, -0.15) is 5.10 Å². The van der Waals surface area contributed by atoms with Crippen LogP contribution in [0.4, 0.5) is 11.4 Å². The van der Waals surface area contributed by atoms with Crippen LogP contribution in [0.3, 0.4) is 0 Å². The van der Waals surface area contributed by atoms with Gasteiger partial charge in [-0.15, -0.1) is 0 Å². The summed E-state index contributed by atoms with van der Waals surface area (Å²) in [6.45, 7) is 4.51. The predicted octanol–water partition coefficient (Wildman–Crippen LogP) is 3.16. The molecule has 0 bridgehead atoms. The molecule has 0 radical (unpaired) electrons. The first-order valence-electron chi connectivity index (χ1n) is 7.25. The summed E-state index contributed by atoms with van der Waals surface area (Å²) in [4.78, 5) is 2.42. The SMILES string of the molecule is CCCC1CCN(c2cc3[nH]ncc3cc2N)CC1. The molecule has 0 unspecified atom stereocenters. The Morgan fingerprint density at radius 1 is 1.37 bits per heavy atom. The van der Waals surface area contributed by atoms with Crippen LogP contribution in [-0.2, 0) is 0 Å². The third-order valence-electron chi connectivity index (χ3n) is 4.24. The van der Waals surface area contributed by atoms with Crippen LogP contribution >= 0.6 is 0 Å². The highest BCUT2D eigenvalue weighted by molar-refractivity contribution is 5.88. The lowest BCUT2D eigenvalue weighted by Gasteiger charge is -2.34. The maximum absolute atomic E-state index is 6.19. The van der Waals surface area contributed by atoms with Crippen LogP contribution in [0.15, 0.2) is 18.3 Å². The van der Waals surface area contributed by atoms with Crippen molar-refractivity contribution in [2.75, 3.05) is 23.7 Å². The van der Waals surface area contributed by atoms with Crippen molar-refractivity contribution in [2.24, 2.45) is 5.92 Å². The van der Waals surface area contributed by atoms with E-state index >= 15 is 0 Å². The number of hydrogen-bond acceptors (Lipinski definition) is 3. The van der Waals surface area contributed by atoms with E-state index in [0.717, 1.165) is 41.3 Å². The second-order valence-corrected chi connectivity index (χ2v) is 5.59. The number of fused-ring (bicyclic) bond motifs is 1. The second-order valence-electron chi connectivity index (χ2n) is 5.59. The van der Waals surface area contributed by atoms with Crippen LogP contribution in [0.1, 0.15) is 32.6 Å². The van der Waals surface area contributed by atoms with Crippen molar-refractivity contribution < 1.29 is 0 Å². The van der Waals surface area contributed by atoms with E-state index in [-0.39, 0.29) is 0 Å². The number of piperidine rings is 1. The zero-order chi connectivity index (χ0) is 13.2. The zero-order valence-corrected chi connectivity index (χ0v) is 11.5. The second kappa shape index (κ2) is 5.11. The van der Waals surface area contributed by atoms with Gasteiger partial charge in [-0.3, -0.25) is 5.10 Å². The molecule has 1 fully saturated rings. The summed E-state index contributed by atoms with van der Waals surface area (Å²) in [5.74, 6) is 0.901. The molecule has 1 aromatic carbocycles. The molecule has 1 aliphatic heterocycles. The smallest absolute Gasteiger partial charge is 0.0672 e. The molecule has 1 saturated heterocycles. The molecule has 3 N–H and O–H groups in total. The molecule has 102 valence electrons. The first kappa shape index (κ1) is 12.3. The number of nitrogen functional groups attached to an aromatic ring is 1. The third kappa shape index (κ3) is 2.39. The fraction of sp³-hybridized carbons (Fsp3) is 0.533. The minimum Gasteiger partial charge on any atom is -0.397 e. The summed E-state index contributed by atoms with van der Waals surface area (Å²) in [5, 5.41) is 8.17. The van der Waals surface area contributed by atoms with Crippen molar-refractivity contribution in [2.45, 2.75) is 32.6 Å². The average Bonchev–Trinajstić information content (AvgIpc) is 2.86. The molecule has 0 amide bonds. The summed E-state index contributed by atoms with van der Waals surface area (Å²) < 4.78 is 0. The molecule has 0 saturated carbocycles. The maximum atomic E-state index is 6.19. The molecule has 0 aliphatic carbocycles. The molecule has 0 atom stereocenters. The number of nitrogens with zero attached hydrogens (tertiary/aromatic N) is 2. The molecule has 3 rings (SSSR count). The Morgan fingerprint density at radius 2 is 2.16 bits per heavy atom. The number of rotatable bonds is 3. The van der Waals surface area contributed by atoms with Gasteiger partial charge < -0.3 is 10.6 Å². The number of anilines is 2. The van der Waals surface area contributed by atoms with Crippen LogP contribution < -0.4 is 10.6 Å². The summed E-state index contributed by atoms with van der Waals surface area (Å²) >= 11 is 0. The van der Waals surface area contributed by atoms with E-state index in [1.807, 2.05) is 12.3 Å². The lowest BCUT2D eigenvalue weighted by molar-refractivity contribution is 0.378. The van der Waals surface area contributed by atoms with Crippen molar-refractivity contribution in [3.63, 3.8) is 0 Å². The molecular formula is C15H22N4. The molecule has 2 aromatic rings. The summed E-state index contributed by atoms with van der Waals surface area (Å²) in [6, 6.07) is 4.16. The molecule has 1 aromatic heterocycles. The van der Waals surface area contributed by atoms with Gasteiger partial charge in [0.05, 0.1) is 23.1 Å². The number of H-pyrrole nitrogens is 1. The summed E-state index contributed by atoms with van der Waals surface area (Å²) in [5.41, 5.74) is 9.28. The van der Waals surface area contributed by atoms with Gasteiger partial charge in [0, 0.05) is 18.5 Å². The number of hydrogen-bond donors (Lipinski definition) is 2. The minimum absolute atomic E-state index is 0.864. The van der Waals surface area contributed by atoms with Gasteiger partial charge in [-0.1, -0.05) is 19.8 Å². The monoisotopic (exact) mass is 258 g/mol. The van der Waals surface area contributed by atoms with Crippen LogP contribution in [0.2, 0.25) is 0 Å². The van der Waals surface area contributed by atoms with E-state index < -0.39 is 0 Å². The highest BCUT2D eigenvalue weighted by Crippen LogP contribution is 2.32. The molecule has 2 heterocycles. The lowest BCUT2D eigenvalue weighted by Crippen LogP contribution is -2.34. The minimum atomic E-state index is 0.864. The van der Waals surface area contributed by atoms with Crippen LogP contribution in [-0.4, -0.2) is 23.3 Å². The van der Waals surface area contributed by atoms with Crippen LogP contribution in [0, 0.1) is 5.92 Å². The Balaban J connectivity index is 1.79. The standard InChI is InChI=1S/C15H22N4/c1-2-3-11-4-6-19(7-5-11)15-9-14-12(8-13(15)16)10-17-18-14/h8-11H,2-7,16H2,1H3,(H,17,18). The zero-order valence-electron chi connectivity index (χ0n) is 11.5. The Kier molecular flexibility index (Phi) is 3.32. The third-order valence-corrected chi connectivity index (χ3v) is 4.24. The van der Waals surface area contributed by atoms with E-state index in [1.54, 1.807) is 0 Å². The molecule has 4 heteroatoms. The van der Waals surface area contributed by atoms with E-state index in [2.05, 4.69) is 28.1 Å².